The van der Waals surface area contributed by atoms with Gasteiger partial charge in [-0.05, 0) is 0 Å². The molecule has 0 fully saturated rings. The van der Waals surface area contributed by atoms with Crippen molar-refractivity contribution in [3.05, 3.63) is 59.7 Å². The van der Waals surface area contributed by atoms with Crippen LogP contribution < -0.4 is 24.8 Å². The second kappa shape index (κ2) is 21.5. The molecule has 0 aliphatic heterocycles. The Morgan fingerprint density at radius 1 is 0.850 bits per heavy atom. The molecule has 0 aliphatic rings. The van der Waals surface area contributed by atoms with Gasteiger partial charge in [-0.3, -0.25) is 0 Å². The van der Waals surface area contributed by atoms with Crippen LogP contribution in [0.25, 0.3) is 0 Å². The van der Waals surface area contributed by atoms with Gasteiger partial charge in [-0.1, -0.05) is 39.8 Å². The van der Waals surface area contributed by atoms with E-state index in [1.807, 2.05) is 0 Å². The monoisotopic (exact) mass is 408 g/mol. The molecule has 2 aromatic carbocycles. The van der Waals surface area contributed by atoms with Crippen LogP contribution >= 0.6 is 0 Å². The Morgan fingerprint density at radius 2 is 1.15 bits per heavy atom. The molecule has 0 amide bonds. The Labute approximate surface area is 155 Å². The Bertz CT molecular complexity index is 297. The van der Waals surface area contributed by atoms with Gasteiger partial charge in [-0.25, -0.2) is 12.1 Å². The van der Waals surface area contributed by atoms with Crippen molar-refractivity contribution in [1.82, 2.24) is 0 Å². The summed E-state index contributed by atoms with van der Waals surface area (Å²) in [5.74, 6) is 0. The van der Waals surface area contributed by atoms with Crippen molar-refractivity contribution in [2.75, 3.05) is 0 Å². The molecule has 0 aromatic heterocycles. The van der Waals surface area contributed by atoms with Crippen molar-refractivity contribution in [3.8, 4) is 0 Å². The van der Waals surface area contributed by atoms with Gasteiger partial charge >= 0.3 is 22.4 Å². The van der Waals surface area contributed by atoms with Crippen molar-refractivity contribution < 1.29 is 47.2 Å². The smallest absolute Gasteiger partial charge is 1.00 e. The van der Waals surface area contributed by atoms with Crippen LogP contribution in [0.4, 0.5) is 0 Å². The quantitative estimate of drug-likeness (QED) is 0.417. The molecule has 2 rings (SSSR count). The van der Waals surface area contributed by atoms with Gasteiger partial charge in [0.15, 0.2) is 0 Å². The molecule has 0 bridgehead atoms. The van der Waals surface area contributed by atoms with E-state index in [0.29, 0.717) is 0 Å². The zero-order valence-corrected chi connectivity index (χ0v) is 17.7. The molecule has 0 saturated heterocycles. The fourth-order valence-corrected chi connectivity index (χ4v) is 1.30. The molecule has 0 heterocycles. The maximum Gasteiger partial charge on any atom is 2.00 e. The summed E-state index contributed by atoms with van der Waals surface area (Å²) in [6.07, 6.45) is 2.32. The van der Waals surface area contributed by atoms with Crippen LogP contribution in [0.2, 0.25) is 13.1 Å². The molecule has 114 valence electrons. The molecule has 0 atom stereocenters. The molecule has 0 unspecified atom stereocenters. The second-order valence-corrected chi connectivity index (χ2v) is 5.03. The Balaban J connectivity index is -0.0000000956. The molecule has 0 N–H and O–H groups in total. The molecular weight excluding hydrogens is 384 g/mol. The summed E-state index contributed by atoms with van der Waals surface area (Å²) in [5.41, 5.74) is 2.86. The van der Waals surface area contributed by atoms with Gasteiger partial charge in [0.05, 0.1) is 0 Å². The molecule has 4 heteroatoms. The van der Waals surface area contributed by atoms with Gasteiger partial charge in [0.25, 0.3) is 0 Å². The molecule has 0 saturated carbocycles. The average molecular weight is 409 g/mol. The maximum absolute atomic E-state index is 2.21. The molecule has 2 aromatic rings. The third kappa shape index (κ3) is 16.3. The fourth-order valence-electron chi connectivity index (χ4n) is 1.30. The fraction of sp³-hybridized carbons (Fsp3) is 0.375. The molecular formula is C16H25Cl2NbSi-2. The maximum atomic E-state index is 2.21. The summed E-state index contributed by atoms with van der Waals surface area (Å²) in [6.45, 7) is 8.74. The first-order valence-corrected chi connectivity index (χ1v) is 8.74. The number of hydrogen-bond acceptors (Lipinski definition) is 0. The minimum atomic E-state index is 0. The van der Waals surface area contributed by atoms with Gasteiger partial charge in [-0.15, -0.1) is 0 Å². The Kier molecular flexibility index (Phi) is 30.6. The molecule has 0 spiro atoms. The first-order chi connectivity index (χ1) is 8.28. The van der Waals surface area contributed by atoms with Crippen LogP contribution in [0.3, 0.4) is 0 Å². The molecule has 2 radical (unpaired) electrons. The predicted molar refractivity (Wildman–Crippen MR) is 81.7 cm³/mol. The van der Waals surface area contributed by atoms with E-state index in [4.69, 9.17) is 0 Å². The SMILES string of the molecule is CCc1cc[cH-]c1.CCc1cc[cH-]c1.C[SiH]C.[Cl-].[Cl-].[Nb+2]. The van der Waals surface area contributed by atoms with E-state index in [9.17, 15) is 0 Å². The van der Waals surface area contributed by atoms with E-state index in [-0.39, 0.29) is 47.2 Å². The summed E-state index contributed by atoms with van der Waals surface area (Å²) in [7, 11) is 0.750. The number of aryl methyl sites for hydroxylation is 2. The predicted octanol–water partition coefficient (Wildman–Crippen LogP) is -1.54. The van der Waals surface area contributed by atoms with Crippen LogP contribution in [0, 0.1) is 0 Å². The van der Waals surface area contributed by atoms with Crippen LogP contribution in [0.5, 0.6) is 0 Å². The first-order valence-electron chi connectivity index (χ1n) is 6.43. The van der Waals surface area contributed by atoms with E-state index in [1.165, 1.54) is 11.1 Å². The number of rotatable bonds is 2. The molecule has 0 nitrogen and oxygen atoms in total. The largest absolute Gasteiger partial charge is 2.00 e. The zero-order chi connectivity index (χ0) is 12.9. The summed E-state index contributed by atoms with van der Waals surface area (Å²) < 4.78 is 0. The van der Waals surface area contributed by atoms with Crippen molar-refractivity contribution in [3.63, 3.8) is 0 Å². The van der Waals surface area contributed by atoms with Crippen LogP contribution in [0.15, 0.2) is 48.5 Å². The van der Waals surface area contributed by atoms with E-state index in [2.05, 4.69) is 75.5 Å². The van der Waals surface area contributed by atoms with Gasteiger partial charge in [-0.2, -0.15) is 47.5 Å². The molecule has 20 heavy (non-hydrogen) atoms. The normalized spacial score (nSPS) is 7.40. The number of halogens is 2. The summed E-state index contributed by atoms with van der Waals surface area (Å²) in [5, 5.41) is 0. The van der Waals surface area contributed by atoms with E-state index < -0.39 is 0 Å². The van der Waals surface area contributed by atoms with Crippen LogP contribution in [0.1, 0.15) is 25.0 Å². The summed E-state index contributed by atoms with van der Waals surface area (Å²) in [6, 6.07) is 16.8. The van der Waals surface area contributed by atoms with E-state index in [0.717, 1.165) is 22.4 Å². The van der Waals surface area contributed by atoms with Gasteiger partial charge in [0.2, 0.25) is 0 Å². The Morgan fingerprint density at radius 3 is 1.25 bits per heavy atom. The van der Waals surface area contributed by atoms with Crippen molar-refractivity contribution >= 4 is 9.52 Å². The van der Waals surface area contributed by atoms with Crippen molar-refractivity contribution in [2.45, 2.75) is 39.8 Å². The van der Waals surface area contributed by atoms with Gasteiger partial charge < -0.3 is 24.8 Å². The topological polar surface area (TPSA) is 0 Å². The van der Waals surface area contributed by atoms with Crippen molar-refractivity contribution in [2.24, 2.45) is 0 Å². The first kappa shape index (κ1) is 28.4. The minimum Gasteiger partial charge on any atom is -1.00 e. The summed E-state index contributed by atoms with van der Waals surface area (Å²) >= 11 is 0. The second-order valence-electron chi connectivity index (χ2n) is 3.87. The average Bonchev–Trinajstić information content (AvgIpc) is 3.04. The van der Waals surface area contributed by atoms with E-state index in [1.54, 1.807) is 0 Å². The zero-order valence-electron chi connectivity index (χ0n) is 12.8. The van der Waals surface area contributed by atoms with Crippen LogP contribution in [-0.2, 0) is 35.2 Å². The van der Waals surface area contributed by atoms with Crippen molar-refractivity contribution in [1.29, 1.82) is 0 Å². The van der Waals surface area contributed by atoms with E-state index >= 15 is 0 Å². The summed E-state index contributed by atoms with van der Waals surface area (Å²) in [4.78, 5) is 0. The third-order valence-electron chi connectivity index (χ3n) is 2.28. The minimum absolute atomic E-state index is 0. The molecule has 0 aliphatic carbocycles. The van der Waals surface area contributed by atoms with Crippen LogP contribution in [-0.4, -0.2) is 9.52 Å². The van der Waals surface area contributed by atoms with Gasteiger partial charge in [0, 0.05) is 9.52 Å². The Hall–Kier alpha value is 0.237. The third-order valence-corrected chi connectivity index (χ3v) is 2.28. The standard InChI is InChI=1S/2C7H9.C2H7Si.2ClH.Nb/c2*1-2-7-5-3-4-6-7;1-3-2;;;/h2*3-6H,2H2,1H3;3H,1-2H3;2*1H;/q2*-1;;;;+2/p-2. The number of hydrogen-bond donors (Lipinski definition) is 0. The van der Waals surface area contributed by atoms with Gasteiger partial charge in [0.1, 0.15) is 0 Å².